The molecule has 0 fully saturated rings. The Morgan fingerprint density at radius 2 is 1.84 bits per heavy atom. The van der Waals surface area contributed by atoms with Gasteiger partial charge in [-0.1, -0.05) is 26.0 Å². The van der Waals surface area contributed by atoms with E-state index in [-0.39, 0.29) is 11.9 Å². The normalized spacial score (nSPS) is 11.7. The molecule has 4 heteroatoms. The number of methoxy groups -OCH3 is 1. The molecule has 134 valence electrons. The highest BCUT2D eigenvalue weighted by molar-refractivity contribution is 5.94. The second-order valence-corrected chi connectivity index (χ2v) is 6.04. The van der Waals surface area contributed by atoms with Crippen molar-refractivity contribution in [2.24, 2.45) is 0 Å². The van der Waals surface area contributed by atoms with Crippen molar-refractivity contribution in [2.75, 3.05) is 13.7 Å². The molecule has 1 atom stereocenters. The van der Waals surface area contributed by atoms with Crippen molar-refractivity contribution in [2.45, 2.75) is 39.7 Å². The van der Waals surface area contributed by atoms with Crippen molar-refractivity contribution in [3.05, 3.63) is 59.2 Å². The fourth-order valence-corrected chi connectivity index (χ4v) is 2.70. The van der Waals surface area contributed by atoms with E-state index in [1.165, 1.54) is 0 Å². The highest BCUT2D eigenvalue weighted by Gasteiger charge is 2.15. The standard InChI is InChI=1S/C21H27NO3/c1-5-13-25-18-10-7-16(8-11-18)21(23)22-19(6-2)17-9-12-20(24-4)15(3)14-17/h7-12,14,19H,5-6,13H2,1-4H3,(H,22,23). The molecule has 0 aromatic heterocycles. The molecule has 0 aliphatic heterocycles. The number of aryl methyl sites for hydroxylation is 1. The summed E-state index contributed by atoms with van der Waals surface area (Å²) in [5.41, 5.74) is 2.77. The maximum absolute atomic E-state index is 12.5. The van der Waals surface area contributed by atoms with Gasteiger partial charge in [0.15, 0.2) is 0 Å². The van der Waals surface area contributed by atoms with Gasteiger partial charge in [0.05, 0.1) is 19.8 Å². The zero-order valence-electron chi connectivity index (χ0n) is 15.5. The second-order valence-electron chi connectivity index (χ2n) is 6.04. The molecule has 0 bridgehead atoms. The lowest BCUT2D eigenvalue weighted by molar-refractivity contribution is 0.0935. The molecule has 0 aliphatic carbocycles. The lowest BCUT2D eigenvalue weighted by Gasteiger charge is -2.19. The van der Waals surface area contributed by atoms with Crippen molar-refractivity contribution < 1.29 is 14.3 Å². The molecule has 1 N–H and O–H groups in total. The minimum Gasteiger partial charge on any atom is -0.496 e. The average Bonchev–Trinajstić information content (AvgIpc) is 2.64. The zero-order chi connectivity index (χ0) is 18.2. The van der Waals surface area contributed by atoms with Crippen LogP contribution in [0.1, 0.15) is 54.2 Å². The summed E-state index contributed by atoms with van der Waals surface area (Å²) in [5.74, 6) is 1.56. The van der Waals surface area contributed by atoms with Crippen LogP contribution in [0.3, 0.4) is 0 Å². The summed E-state index contributed by atoms with van der Waals surface area (Å²) in [4.78, 5) is 12.5. The molecule has 0 spiro atoms. The number of amides is 1. The van der Waals surface area contributed by atoms with Gasteiger partial charge in [-0.3, -0.25) is 4.79 Å². The van der Waals surface area contributed by atoms with Crippen LogP contribution in [-0.2, 0) is 0 Å². The number of carbonyl (C=O) groups excluding carboxylic acids is 1. The minimum absolute atomic E-state index is 0.0341. The molecule has 25 heavy (non-hydrogen) atoms. The molecular formula is C21H27NO3. The van der Waals surface area contributed by atoms with Crippen molar-refractivity contribution in [3.63, 3.8) is 0 Å². The Morgan fingerprint density at radius 3 is 2.40 bits per heavy atom. The number of ether oxygens (including phenoxy) is 2. The van der Waals surface area contributed by atoms with Gasteiger partial charge in [0.1, 0.15) is 11.5 Å². The maximum Gasteiger partial charge on any atom is 0.251 e. The summed E-state index contributed by atoms with van der Waals surface area (Å²) in [6.07, 6.45) is 1.77. The summed E-state index contributed by atoms with van der Waals surface area (Å²) >= 11 is 0. The van der Waals surface area contributed by atoms with Crippen LogP contribution in [0.2, 0.25) is 0 Å². The summed E-state index contributed by atoms with van der Waals surface area (Å²) in [5, 5.41) is 3.11. The molecule has 1 amide bonds. The molecule has 0 aliphatic rings. The van der Waals surface area contributed by atoms with Gasteiger partial charge in [-0.25, -0.2) is 0 Å². The Bertz CT molecular complexity index is 695. The number of rotatable bonds is 8. The smallest absolute Gasteiger partial charge is 0.251 e. The van der Waals surface area contributed by atoms with E-state index in [4.69, 9.17) is 9.47 Å². The predicted octanol–water partition coefficient (Wildman–Crippen LogP) is 4.67. The Kier molecular flexibility index (Phi) is 6.87. The molecule has 0 saturated heterocycles. The molecule has 2 aromatic rings. The number of hydrogen-bond donors (Lipinski definition) is 1. The Morgan fingerprint density at radius 1 is 1.12 bits per heavy atom. The van der Waals surface area contributed by atoms with Crippen LogP contribution in [0.25, 0.3) is 0 Å². The molecule has 2 aromatic carbocycles. The molecular weight excluding hydrogens is 314 g/mol. The van der Waals surface area contributed by atoms with Gasteiger partial charge in [0.25, 0.3) is 5.91 Å². The minimum atomic E-state index is -0.0811. The molecule has 0 radical (unpaired) electrons. The largest absolute Gasteiger partial charge is 0.496 e. The van der Waals surface area contributed by atoms with Crippen LogP contribution in [0.5, 0.6) is 11.5 Å². The van der Waals surface area contributed by atoms with E-state index in [1.807, 2.05) is 31.2 Å². The first kappa shape index (κ1) is 18.8. The van der Waals surface area contributed by atoms with E-state index in [0.29, 0.717) is 12.2 Å². The van der Waals surface area contributed by atoms with Gasteiger partial charge in [0, 0.05) is 5.56 Å². The Labute approximate surface area is 150 Å². The van der Waals surface area contributed by atoms with Crippen LogP contribution >= 0.6 is 0 Å². The Hall–Kier alpha value is -2.49. The third-order valence-corrected chi connectivity index (χ3v) is 4.12. The van der Waals surface area contributed by atoms with Crippen molar-refractivity contribution in [1.29, 1.82) is 0 Å². The van der Waals surface area contributed by atoms with Gasteiger partial charge in [-0.2, -0.15) is 0 Å². The van der Waals surface area contributed by atoms with Crippen LogP contribution in [0, 0.1) is 6.92 Å². The van der Waals surface area contributed by atoms with Gasteiger partial charge in [-0.15, -0.1) is 0 Å². The van der Waals surface area contributed by atoms with E-state index < -0.39 is 0 Å². The monoisotopic (exact) mass is 341 g/mol. The van der Waals surface area contributed by atoms with Gasteiger partial charge in [0.2, 0.25) is 0 Å². The molecule has 2 rings (SSSR count). The first-order valence-corrected chi connectivity index (χ1v) is 8.77. The molecule has 0 saturated carbocycles. The van der Waals surface area contributed by atoms with E-state index in [1.54, 1.807) is 19.2 Å². The fraction of sp³-hybridized carbons (Fsp3) is 0.381. The third kappa shape index (κ3) is 4.99. The van der Waals surface area contributed by atoms with Gasteiger partial charge >= 0.3 is 0 Å². The van der Waals surface area contributed by atoms with E-state index >= 15 is 0 Å². The molecule has 4 nitrogen and oxygen atoms in total. The lowest BCUT2D eigenvalue weighted by atomic mass is 10.0. The number of nitrogens with one attached hydrogen (secondary N) is 1. The second kappa shape index (κ2) is 9.11. The SMILES string of the molecule is CCCOc1ccc(C(=O)NC(CC)c2ccc(OC)c(C)c2)cc1. The summed E-state index contributed by atoms with van der Waals surface area (Å²) in [6, 6.07) is 13.2. The summed E-state index contributed by atoms with van der Waals surface area (Å²) in [7, 11) is 1.66. The van der Waals surface area contributed by atoms with Crippen LogP contribution in [0.4, 0.5) is 0 Å². The van der Waals surface area contributed by atoms with Crippen molar-refractivity contribution in [1.82, 2.24) is 5.32 Å². The number of carbonyl (C=O) groups is 1. The summed E-state index contributed by atoms with van der Waals surface area (Å²) < 4.78 is 10.9. The maximum atomic E-state index is 12.5. The van der Waals surface area contributed by atoms with Crippen LogP contribution < -0.4 is 14.8 Å². The Balaban J connectivity index is 2.07. The van der Waals surface area contributed by atoms with Gasteiger partial charge < -0.3 is 14.8 Å². The predicted molar refractivity (Wildman–Crippen MR) is 100 cm³/mol. The van der Waals surface area contributed by atoms with Crippen LogP contribution in [-0.4, -0.2) is 19.6 Å². The average molecular weight is 341 g/mol. The first-order valence-electron chi connectivity index (χ1n) is 8.77. The van der Waals surface area contributed by atoms with Gasteiger partial charge in [-0.05, 0) is 61.2 Å². The topological polar surface area (TPSA) is 47.6 Å². The van der Waals surface area contributed by atoms with E-state index in [2.05, 4.69) is 25.2 Å². The highest BCUT2D eigenvalue weighted by atomic mass is 16.5. The van der Waals surface area contributed by atoms with E-state index in [9.17, 15) is 4.79 Å². The summed E-state index contributed by atoms with van der Waals surface area (Å²) in [6.45, 7) is 6.81. The van der Waals surface area contributed by atoms with E-state index in [0.717, 1.165) is 35.5 Å². The van der Waals surface area contributed by atoms with Crippen molar-refractivity contribution in [3.8, 4) is 11.5 Å². The first-order chi connectivity index (χ1) is 12.1. The third-order valence-electron chi connectivity index (χ3n) is 4.12. The molecule has 1 unspecified atom stereocenters. The molecule has 0 heterocycles. The number of hydrogen-bond acceptors (Lipinski definition) is 3. The van der Waals surface area contributed by atoms with Crippen LogP contribution in [0.15, 0.2) is 42.5 Å². The van der Waals surface area contributed by atoms with Crippen molar-refractivity contribution >= 4 is 5.91 Å². The highest BCUT2D eigenvalue weighted by Crippen LogP contribution is 2.24. The lowest BCUT2D eigenvalue weighted by Crippen LogP contribution is -2.28. The number of benzene rings is 2. The fourth-order valence-electron chi connectivity index (χ4n) is 2.70. The quantitative estimate of drug-likeness (QED) is 0.759. The zero-order valence-corrected chi connectivity index (χ0v) is 15.5.